The topological polar surface area (TPSA) is 44.4 Å². The fourth-order valence-electron chi connectivity index (χ4n) is 2.79. The molecule has 2 saturated heterocycles. The molecular weight excluding hydrogens is 226 g/mol. The first kappa shape index (κ1) is 12.1. The molecule has 0 radical (unpaired) electrons. The van der Waals surface area contributed by atoms with Crippen molar-refractivity contribution in [2.45, 2.75) is 18.9 Å². The van der Waals surface area contributed by atoms with E-state index in [2.05, 4.69) is 15.5 Å². The second-order valence-corrected chi connectivity index (χ2v) is 5.21. The van der Waals surface area contributed by atoms with Gasteiger partial charge in [-0.25, -0.2) is 0 Å². The van der Waals surface area contributed by atoms with E-state index in [4.69, 9.17) is 0 Å². The summed E-state index contributed by atoms with van der Waals surface area (Å²) < 4.78 is 0. The first-order valence-electron chi connectivity index (χ1n) is 6.03. The molecule has 1 saturated carbocycles. The average Bonchev–Trinajstić information content (AvgIpc) is 2.73. The molecule has 2 N–H and O–H groups in total. The maximum absolute atomic E-state index is 11.6. The first-order valence-corrected chi connectivity index (χ1v) is 6.03. The first-order chi connectivity index (χ1) is 7.31. The van der Waals surface area contributed by atoms with Crippen LogP contribution in [0.15, 0.2) is 0 Å². The summed E-state index contributed by atoms with van der Waals surface area (Å²) in [6, 6.07) is 0.501. The summed E-state index contributed by atoms with van der Waals surface area (Å²) in [5.41, 5.74) is 0. The van der Waals surface area contributed by atoms with Gasteiger partial charge < -0.3 is 10.6 Å². The molecule has 2 aliphatic heterocycles. The van der Waals surface area contributed by atoms with E-state index in [0.29, 0.717) is 12.6 Å². The molecule has 16 heavy (non-hydrogen) atoms. The van der Waals surface area contributed by atoms with Gasteiger partial charge in [-0.1, -0.05) is 0 Å². The molecule has 0 aromatic rings. The number of nitrogens with one attached hydrogen (secondary N) is 2. The Morgan fingerprint density at radius 3 is 2.44 bits per heavy atom. The Kier molecular flexibility index (Phi) is 3.72. The van der Waals surface area contributed by atoms with Gasteiger partial charge in [-0.15, -0.1) is 12.4 Å². The van der Waals surface area contributed by atoms with Gasteiger partial charge in [0, 0.05) is 19.1 Å². The molecule has 3 rings (SSSR count). The number of halogens is 1. The molecule has 92 valence electrons. The molecule has 0 spiro atoms. The molecule has 0 unspecified atom stereocenters. The maximum Gasteiger partial charge on any atom is 0.234 e. The van der Waals surface area contributed by atoms with Crippen LogP contribution in [0.2, 0.25) is 0 Å². The molecule has 1 amide bonds. The average molecular weight is 246 g/mol. The Hall–Kier alpha value is -0.320. The van der Waals surface area contributed by atoms with Crippen LogP contribution in [-0.4, -0.2) is 49.6 Å². The number of carbonyl (C=O) groups excluding carboxylic acids is 1. The highest BCUT2D eigenvalue weighted by atomic mass is 35.5. The van der Waals surface area contributed by atoms with Crippen LogP contribution in [0.5, 0.6) is 0 Å². The predicted molar refractivity (Wildman–Crippen MR) is 64.7 cm³/mol. The number of nitrogens with zero attached hydrogens (tertiary/aromatic N) is 1. The number of hydrogen-bond donors (Lipinski definition) is 2. The summed E-state index contributed by atoms with van der Waals surface area (Å²) in [7, 11) is 0. The Labute approximate surface area is 103 Å². The van der Waals surface area contributed by atoms with E-state index in [-0.39, 0.29) is 18.3 Å². The van der Waals surface area contributed by atoms with Crippen molar-refractivity contribution in [1.82, 2.24) is 15.5 Å². The quantitative estimate of drug-likeness (QED) is 0.726. The number of carbonyl (C=O) groups is 1. The van der Waals surface area contributed by atoms with Crippen molar-refractivity contribution in [2.24, 2.45) is 11.8 Å². The lowest BCUT2D eigenvalue weighted by molar-refractivity contribution is -0.122. The van der Waals surface area contributed by atoms with Crippen molar-refractivity contribution in [1.29, 1.82) is 0 Å². The van der Waals surface area contributed by atoms with E-state index in [1.54, 1.807) is 0 Å². The third kappa shape index (κ3) is 2.67. The zero-order valence-corrected chi connectivity index (χ0v) is 10.3. The summed E-state index contributed by atoms with van der Waals surface area (Å²) in [4.78, 5) is 13.9. The minimum atomic E-state index is 0. The van der Waals surface area contributed by atoms with Crippen molar-refractivity contribution < 1.29 is 4.79 Å². The van der Waals surface area contributed by atoms with Gasteiger partial charge in [0.1, 0.15) is 0 Å². The monoisotopic (exact) mass is 245 g/mol. The molecular formula is C11H20ClN3O. The van der Waals surface area contributed by atoms with E-state index in [0.717, 1.165) is 38.0 Å². The number of amides is 1. The van der Waals surface area contributed by atoms with E-state index < -0.39 is 0 Å². The SMILES string of the molecule is Cl.O=C(CN1C[C@H]2CNC[C@H]2C1)NC1CC1. The zero-order chi connectivity index (χ0) is 10.3. The van der Waals surface area contributed by atoms with Crippen LogP contribution in [-0.2, 0) is 4.79 Å². The third-order valence-corrected chi connectivity index (χ3v) is 3.77. The molecule has 3 fully saturated rings. The minimum Gasteiger partial charge on any atom is -0.352 e. The van der Waals surface area contributed by atoms with Gasteiger partial charge in [0.05, 0.1) is 6.54 Å². The fourth-order valence-corrected chi connectivity index (χ4v) is 2.79. The van der Waals surface area contributed by atoms with Crippen molar-refractivity contribution >= 4 is 18.3 Å². The lowest BCUT2D eigenvalue weighted by atomic mass is 10.0. The van der Waals surface area contributed by atoms with Crippen molar-refractivity contribution in [2.75, 3.05) is 32.7 Å². The summed E-state index contributed by atoms with van der Waals surface area (Å²) in [5.74, 6) is 1.81. The van der Waals surface area contributed by atoms with Gasteiger partial charge >= 0.3 is 0 Å². The molecule has 3 aliphatic rings. The van der Waals surface area contributed by atoms with Crippen molar-refractivity contribution in [3.8, 4) is 0 Å². The molecule has 2 atom stereocenters. The molecule has 1 aliphatic carbocycles. The largest absolute Gasteiger partial charge is 0.352 e. The van der Waals surface area contributed by atoms with Crippen molar-refractivity contribution in [3.05, 3.63) is 0 Å². The smallest absolute Gasteiger partial charge is 0.234 e. The maximum atomic E-state index is 11.6. The highest BCUT2D eigenvalue weighted by Gasteiger charge is 2.36. The molecule has 0 aromatic carbocycles. The molecule has 5 heteroatoms. The lowest BCUT2D eigenvalue weighted by Gasteiger charge is -2.16. The van der Waals surface area contributed by atoms with Crippen LogP contribution in [0.1, 0.15) is 12.8 Å². The fraction of sp³-hybridized carbons (Fsp3) is 0.909. The van der Waals surface area contributed by atoms with E-state index in [9.17, 15) is 4.79 Å². The van der Waals surface area contributed by atoms with Gasteiger partial charge in [-0.2, -0.15) is 0 Å². The Morgan fingerprint density at radius 1 is 1.25 bits per heavy atom. The summed E-state index contributed by atoms with van der Waals surface area (Å²) in [6.45, 7) is 5.12. The second kappa shape index (κ2) is 4.90. The van der Waals surface area contributed by atoms with Crippen LogP contribution in [0.4, 0.5) is 0 Å². The standard InChI is InChI=1S/C11H19N3O.ClH/c15-11(13-10-1-2-10)7-14-5-8-3-12-4-9(8)6-14;/h8-10,12H,1-7H2,(H,13,15);1H/t8-,9+;. The Bertz CT molecular complexity index is 258. The normalized spacial score (nSPS) is 33.2. The molecule has 0 bridgehead atoms. The van der Waals surface area contributed by atoms with Gasteiger partial charge in [0.25, 0.3) is 0 Å². The van der Waals surface area contributed by atoms with Gasteiger partial charge in [0.15, 0.2) is 0 Å². The number of rotatable bonds is 3. The zero-order valence-electron chi connectivity index (χ0n) is 9.45. The second-order valence-electron chi connectivity index (χ2n) is 5.21. The Morgan fingerprint density at radius 2 is 1.88 bits per heavy atom. The highest BCUT2D eigenvalue weighted by Crippen LogP contribution is 2.26. The van der Waals surface area contributed by atoms with E-state index >= 15 is 0 Å². The predicted octanol–water partition coefficient (Wildman–Crippen LogP) is -0.162. The van der Waals surface area contributed by atoms with Crippen LogP contribution in [0.25, 0.3) is 0 Å². The van der Waals surface area contributed by atoms with Gasteiger partial charge in [0.2, 0.25) is 5.91 Å². The van der Waals surface area contributed by atoms with Gasteiger partial charge in [-0.3, -0.25) is 9.69 Å². The number of fused-ring (bicyclic) bond motifs is 1. The number of hydrogen-bond acceptors (Lipinski definition) is 3. The lowest BCUT2D eigenvalue weighted by Crippen LogP contribution is -2.38. The van der Waals surface area contributed by atoms with E-state index in [1.807, 2.05) is 0 Å². The summed E-state index contributed by atoms with van der Waals surface area (Å²) in [5, 5.41) is 6.46. The van der Waals surface area contributed by atoms with Crippen LogP contribution < -0.4 is 10.6 Å². The van der Waals surface area contributed by atoms with Crippen LogP contribution >= 0.6 is 12.4 Å². The van der Waals surface area contributed by atoms with Crippen LogP contribution in [0.3, 0.4) is 0 Å². The van der Waals surface area contributed by atoms with E-state index in [1.165, 1.54) is 12.8 Å². The molecule has 4 nitrogen and oxygen atoms in total. The third-order valence-electron chi connectivity index (χ3n) is 3.77. The number of likely N-dealkylation sites (tertiary alicyclic amines) is 1. The summed E-state index contributed by atoms with van der Waals surface area (Å²) >= 11 is 0. The molecule has 2 heterocycles. The highest BCUT2D eigenvalue weighted by molar-refractivity contribution is 5.85. The Balaban J connectivity index is 0.000000963. The molecule has 0 aromatic heterocycles. The van der Waals surface area contributed by atoms with Crippen LogP contribution in [0, 0.1) is 11.8 Å². The summed E-state index contributed by atoms with van der Waals surface area (Å²) in [6.07, 6.45) is 2.36. The van der Waals surface area contributed by atoms with Crippen molar-refractivity contribution in [3.63, 3.8) is 0 Å². The minimum absolute atomic E-state index is 0. The van der Waals surface area contributed by atoms with Gasteiger partial charge in [-0.05, 0) is 37.8 Å².